The van der Waals surface area contributed by atoms with Crippen molar-refractivity contribution in [2.24, 2.45) is 5.92 Å². The minimum absolute atomic E-state index is 0. The predicted octanol–water partition coefficient (Wildman–Crippen LogP) is 3.71. The maximum Gasteiger partial charge on any atom is 0.230 e. The third-order valence-electron chi connectivity index (χ3n) is 3.03. The van der Waals surface area contributed by atoms with Crippen molar-refractivity contribution in [1.82, 2.24) is 10.3 Å². The highest BCUT2D eigenvalue weighted by Crippen LogP contribution is 2.22. The van der Waals surface area contributed by atoms with Gasteiger partial charge in [0.2, 0.25) is 5.91 Å². The molecule has 7 heteroatoms. The number of halogens is 2. The Morgan fingerprint density at radius 1 is 1.36 bits per heavy atom. The van der Waals surface area contributed by atoms with Crippen LogP contribution >= 0.6 is 39.7 Å². The molecule has 0 radical (unpaired) electrons. The molecule has 1 heterocycles. The van der Waals surface area contributed by atoms with Gasteiger partial charge in [0.05, 0.1) is 0 Å². The van der Waals surface area contributed by atoms with Crippen LogP contribution in [0.5, 0.6) is 0 Å². The Morgan fingerprint density at radius 2 is 2.05 bits per heavy atom. The van der Waals surface area contributed by atoms with Gasteiger partial charge in [0.25, 0.3) is 0 Å². The van der Waals surface area contributed by atoms with E-state index in [-0.39, 0.29) is 24.2 Å². The van der Waals surface area contributed by atoms with Crippen molar-refractivity contribution in [3.63, 3.8) is 0 Å². The molecule has 1 unspecified atom stereocenters. The molecule has 0 fully saturated rings. The molecule has 2 N–H and O–H groups in total. The molecule has 120 valence electrons. The summed E-state index contributed by atoms with van der Waals surface area (Å²) in [4.78, 5) is 17.3. The van der Waals surface area contributed by atoms with Crippen LogP contribution in [0.15, 0.2) is 34.9 Å². The smallest absolute Gasteiger partial charge is 0.230 e. The van der Waals surface area contributed by atoms with Crippen LogP contribution in [-0.2, 0) is 11.2 Å². The molecule has 0 aliphatic rings. The van der Waals surface area contributed by atoms with E-state index >= 15 is 0 Å². The summed E-state index contributed by atoms with van der Waals surface area (Å²) in [5.74, 6) is -0.0808. The molecule has 0 bridgehead atoms. The average Bonchev–Trinajstić information content (AvgIpc) is 2.89. The van der Waals surface area contributed by atoms with Crippen LogP contribution in [0.2, 0.25) is 0 Å². The fourth-order valence-electron chi connectivity index (χ4n) is 1.88. The van der Waals surface area contributed by atoms with Crippen LogP contribution in [0.25, 0.3) is 0 Å². The maximum atomic E-state index is 11.9. The SMILES string of the molecule is CNCC(C)C(=O)Nc1ncc(Cc2ccc(Br)cc2)s1.Cl. The summed E-state index contributed by atoms with van der Waals surface area (Å²) in [5.41, 5.74) is 1.23. The van der Waals surface area contributed by atoms with Gasteiger partial charge in [0.1, 0.15) is 0 Å². The number of carbonyl (C=O) groups excluding carboxylic acids is 1. The number of nitrogens with zero attached hydrogens (tertiary/aromatic N) is 1. The van der Waals surface area contributed by atoms with Gasteiger partial charge < -0.3 is 10.6 Å². The van der Waals surface area contributed by atoms with Gasteiger partial charge in [0.15, 0.2) is 5.13 Å². The molecule has 1 atom stereocenters. The molecule has 0 saturated carbocycles. The first-order chi connectivity index (χ1) is 10.1. The largest absolute Gasteiger partial charge is 0.319 e. The van der Waals surface area contributed by atoms with Crippen LogP contribution in [0.3, 0.4) is 0 Å². The van der Waals surface area contributed by atoms with Gasteiger partial charge in [-0.2, -0.15) is 0 Å². The standard InChI is InChI=1S/C15H18BrN3OS.ClH/c1-10(8-17-2)14(20)19-15-18-9-13(21-15)7-11-3-5-12(16)6-4-11;/h3-6,9-10,17H,7-8H2,1-2H3,(H,18,19,20);1H. The Labute approximate surface area is 149 Å². The van der Waals surface area contributed by atoms with E-state index in [0.717, 1.165) is 15.8 Å². The second-order valence-electron chi connectivity index (χ2n) is 4.88. The van der Waals surface area contributed by atoms with Gasteiger partial charge in [-0.25, -0.2) is 4.98 Å². The van der Waals surface area contributed by atoms with E-state index in [1.54, 1.807) is 0 Å². The van der Waals surface area contributed by atoms with Crippen molar-refractivity contribution in [2.45, 2.75) is 13.3 Å². The first-order valence-corrected chi connectivity index (χ1v) is 8.34. The second-order valence-corrected chi connectivity index (χ2v) is 6.91. The number of aromatic nitrogens is 1. The first-order valence-electron chi connectivity index (χ1n) is 6.73. The maximum absolute atomic E-state index is 11.9. The topological polar surface area (TPSA) is 54.0 Å². The highest BCUT2D eigenvalue weighted by atomic mass is 79.9. The van der Waals surface area contributed by atoms with E-state index < -0.39 is 0 Å². The van der Waals surface area contributed by atoms with Crippen LogP contribution in [0, 0.1) is 5.92 Å². The van der Waals surface area contributed by atoms with E-state index in [1.165, 1.54) is 16.9 Å². The zero-order valence-electron chi connectivity index (χ0n) is 12.4. The summed E-state index contributed by atoms with van der Waals surface area (Å²) in [5, 5.41) is 6.52. The van der Waals surface area contributed by atoms with Crippen molar-refractivity contribution in [3.8, 4) is 0 Å². The number of carbonyl (C=O) groups is 1. The Bertz CT molecular complexity index is 603. The quantitative estimate of drug-likeness (QED) is 0.771. The predicted molar refractivity (Wildman–Crippen MR) is 98.0 cm³/mol. The normalized spacial score (nSPS) is 11.6. The zero-order valence-corrected chi connectivity index (χ0v) is 15.6. The lowest BCUT2D eigenvalue weighted by molar-refractivity contribution is -0.119. The molecule has 0 aliphatic heterocycles. The molecule has 2 rings (SSSR count). The van der Waals surface area contributed by atoms with Gasteiger partial charge in [-0.1, -0.05) is 35.0 Å². The third-order valence-corrected chi connectivity index (χ3v) is 4.47. The summed E-state index contributed by atoms with van der Waals surface area (Å²) in [6.07, 6.45) is 2.65. The van der Waals surface area contributed by atoms with Crippen molar-refractivity contribution < 1.29 is 4.79 Å². The number of anilines is 1. The fraction of sp³-hybridized carbons (Fsp3) is 0.333. The van der Waals surface area contributed by atoms with Crippen molar-refractivity contribution >= 4 is 50.7 Å². The molecule has 0 aliphatic carbocycles. The van der Waals surface area contributed by atoms with Crippen LogP contribution < -0.4 is 10.6 Å². The lowest BCUT2D eigenvalue weighted by Crippen LogP contribution is -2.28. The zero-order chi connectivity index (χ0) is 15.2. The number of amides is 1. The molecular weight excluding hydrogens is 386 g/mol. The van der Waals surface area contributed by atoms with Crippen LogP contribution in [-0.4, -0.2) is 24.5 Å². The fourth-order valence-corrected chi connectivity index (χ4v) is 2.99. The van der Waals surface area contributed by atoms with E-state index in [2.05, 4.69) is 43.7 Å². The van der Waals surface area contributed by atoms with E-state index in [1.807, 2.05) is 32.3 Å². The van der Waals surface area contributed by atoms with Crippen molar-refractivity contribution in [1.29, 1.82) is 0 Å². The summed E-state index contributed by atoms with van der Waals surface area (Å²) in [6.45, 7) is 2.55. The number of benzene rings is 1. The third kappa shape index (κ3) is 5.68. The first kappa shape index (κ1) is 19.1. The Kier molecular flexibility index (Phi) is 8.03. The van der Waals surface area contributed by atoms with E-state index in [0.29, 0.717) is 11.7 Å². The van der Waals surface area contributed by atoms with Crippen molar-refractivity contribution in [3.05, 3.63) is 45.4 Å². The van der Waals surface area contributed by atoms with Gasteiger partial charge in [-0.05, 0) is 24.7 Å². The minimum atomic E-state index is -0.0752. The molecule has 1 amide bonds. The van der Waals surface area contributed by atoms with Crippen molar-refractivity contribution in [2.75, 3.05) is 18.9 Å². The number of hydrogen-bond acceptors (Lipinski definition) is 4. The lowest BCUT2D eigenvalue weighted by Gasteiger charge is -2.09. The number of thiazole rings is 1. The Hall–Kier alpha value is -0.950. The summed E-state index contributed by atoms with van der Waals surface area (Å²) in [7, 11) is 1.84. The molecule has 2 aromatic rings. The van der Waals surface area contributed by atoms with Gasteiger partial charge in [0, 0.05) is 34.4 Å². The van der Waals surface area contributed by atoms with E-state index in [4.69, 9.17) is 0 Å². The molecule has 1 aromatic carbocycles. The molecule has 0 spiro atoms. The van der Waals surface area contributed by atoms with Gasteiger partial charge in [-0.15, -0.1) is 23.7 Å². The summed E-state index contributed by atoms with van der Waals surface area (Å²) in [6, 6.07) is 8.21. The molecule has 22 heavy (non-hydrogen) atoms. The molecular formula is C15H19BrClN3OS. The van der Waals surface area contributed by atoms with Crippen LogP contribution in [0.4, 0.5) is 5.13 Å². The summed E-state index contributed by atoms with van der Waals surface area (Å²) < 4.78 is 1.07. The summed E-state index contributed by atoms with van der Waals surface area (Å²) >= 11 is 4.95. The van der Waals surface area contributed by atoms with Gasteiger partial charge >= 0.3 is 0 Å². The highest BCUT2D eigenvalue weighted by Gasteiger charge is 2.13. The second kappa shape index (κ2) is 9.25. The Balaban J connectivity index is 0.00000242. The molecule has 4 nitrogen and oxygen atoms in total. The number of nitrogens with one attached hydrogen (secondary N) is 2. The molecule has 0 saturated heterocycles. The number of rotatable bonds is 6. The van der Waals surface area contributed by atoms with Gasteiger partial charge in [-0.3, -0.25) is 4.79 Å². The Morgan fingerprint density at radius 3 is 2.68 bits per heavy atom. The highest BCUT2D eigenvalue weighted by molar-refractivity contribution is 9.10. The monoisotopic (exact) mass is 403 g/mol. The van der Waals surface area contributed by atoms with Crippen LogP contribution in [0.1, 0.15) is 17.4 Å². The average molecular weight is 405 g/mol. The lowest BCUT2D eigenvalue weighted by atomic mass is 10.1. The van der Waals surface area contributed by atoms with E-state index in [9.17, 15) is 4.79 Å². The minimum Gasteiger partial charge on any atom is -0.319 e. The molecule has 1 aromatic heterocycles. The number of hydrogen-bond donors (Lipinski definition) is 2.